The van der Waals surface area contributed by atoms with Crippen LogP contribution >= 0.6 is 0 Å². The first-order chi connectivity index (χ1) is 14.6. The van der Waals surface area contributed by atoms with Crippen LogP contribution < -0.4 is 0 Å². The molecule has 160 valence electrons. The summed E-state index contributed by atoms with van der Waals surface area (Å²) in [5.74, 6) is 0.0288. The summed E-state index contributed by atoms with van der Waals surface area (Å²) in [6.07, 6.45) is 0.960. The number of nitrogens with zero attached hydrogens (tertiary/aromatic N) is 3. The Bertz CT molecular complexity index is 836. The number of carboxylic acid groups (broad SMARTS) is 1. The van der Waals surface area contributed by atoms with E-state index in [0.717, 1.165) is 57.8 Å². The van der Waals surface area contributed by atoms with Gasteiger partial charge in [0.05, 0.1) is 6.54 Å². The molecule has 1 N–H and O–H groups in total. The van der Waals surface area contributed by atoms with Gasteiger partial charge in [-0.15, -0.1) is 0 Å². The molecule has 0 saturated carbocycles. The molecule has 2 aromatic rings. The second-order valence-corrected chi connectivity index (χ2v) is 7.66. The van der Waals surface area contributed by atoms with Crippen LogP contribution in [0.3, 0.4) is 0 Å². The van der Waals surface area contributed by atoms with Gasteiger partial charge in [0, 0.05) is 45.8 Å². The Kier molecular flexibility index (Phi) is 7.93. The topological polar surface area (TPSA) is 64.1 Å². The van der Waals surface area contributed by atoms with Crippen molar-refractivity contribution in [2.45, 2.75) is 26.1 Å². The van der Waals surface area contributed by atoms with E-state index in [9.17, 15) is 9.18 Å². The van der Waals surface area contributed by atoms with Gasteiger partial charge in [-0.05, 0) is 35.2 Å². The van der Waals surface area contributed by atoms with Gasteiger partial charge in [-0.3, -0.25) is 19.4 Å². The zero-order valence-corrected chi connectivity index (χ0v) is 17.0. The average Bonchev–Trinajstić information content (AvgIpc) is 2.98. The number of hydrogen-bond acceptors (Lipinski definition) is 4. The number of halogens is 1. The lowest BCUT2D eigenvalue weighted by Gasteiger charge is -2.24. The first-order valence-corrected chi connectivity index (χ1v) is 10.2. The van der Waals surface area contributed by atoms with Crippen LogP contribution in [0.4, 0.5) is 4.39 Å². The van der Waals surface area contributed by atoms with E-state index in [4.69, 9.17) is 9.90 Å². The van der Waals surface area contributed by atoms with Crippen molar-refractivity contribution < 1.29 is 19.1 Å². The Labute approximate surface area is 176 Å². The monoisotopic (exact) mass is 413 g/mol. The summed E-state index contributed by atoms with van der Waals surface area (Å²) >= 11 is 0. The van der Waals surface area contributed by atoms with Crippen LogP contribution in [0.15, 0.2) is 48.5 Å². The van der Waals surface area contributed by atoms with Gasteiger partial charge in [0.15, 0.2) is 0 Å². The summed E-state index contributed by atoms with van der Waals surface area (Å²) in [7, 11) is 0. The Morgan fingerprint density at radius 3 is 2.33 bits per heavy atom. The highest BCUT2D eigenvalue weighted by Gasteiger charge is 2.24. The Morgan fingerprint density at radius 1 is 0.967 bits per heavy atom. The van der Waals surface area contributed by atoms with E-state index >= 15 is 0 Å². The van der Waals surface area contributed by atoms with Crippen molar-refractivity contribution in [3.05, 3.63) is 71.0 Å². The molecule has 2 heterocycles. The smallest absolute Gasteiger partial charge is 0.290 e. The van der Waals surface area contributed by atoms with E-state index in [1.54, 1.807) is 12.1 Å². The fourth-order valence-electron chi connectivity index (χ4n) is 4.08. The molecule has 0 aromatic heterocycles. The summed E-state index contributed by atoms with van der Waals surface area (Å²) < 4.78 is 13.4. The summed E-state index contributed by atoms with van der Waals surface area (Å²) in [5, 5.41) is 6.89. The normalized spacial score (nSPS) is 16.9. The third-order valence-electron chi connectivity index (χ3n) is 5.50. The van der Waals surface area contributed by atoms with Gasteiger partial charge in [-0.1, -0.05) is 36.4 Å². The second-order valence-electron chi connectivity index (χ2n) is 7.66. The fraction of sp³-hybridized carbons (Fsp3) is 0.391. The van der Waals surface area contributed by atoms with Crippen molar-refractivity contribution in [2.75, 3.05) is 32.7 Å². The van der Waals surface area contributed by atoms with Gasteiger partial charge in [-0.2, -0.15) is 0 Å². The van der Waals surface area contributed by atoms with Crippen LogP contribution in [0.2, 0.25) is 0 Å². The summed E-state index contributed by atoms with van der Waals surface area (Å²) in [5.41, 5.74) is 3.66. The van der Waals surface area contributed by atoms with Crippen molar-refractivity contribution in [3.63, 3.8) is 0 Å². The lowest BCUT2D eigenvalue weighted by molar-refractivity contribution is -0.132. The first kappa shape index (κ1) is 21.9. The van der Waals surface area contributed by atoms with E-state index in [1.807, 2.05) is 11.0 Å². The standard InChI is InChI=1S/C22H26FN3O.CH2O2/c23-21-8-3-5-18(13-21)14-24-9-4-10-26(12-11-24)22(27)17-25-15-19-6-1-2-7-20(19)16-25;2-1-3/h1-3,5-8,13H,4,9-12,14-17H2;1H,(H,2,3). The van der Waals surface area contributed by atoms with Crippen LogP contribution in [-0.2, 0) is 29.2 Å². The maximum absolute atomic E-state index is 13.4. The van der Waals surface area contributed by atoms with E-state index < -0.39 is 0 Å². The fourth-order valence-corrected chi connectivity index (χ4v) is 4.08. The number of carbonyl (C=O) groups is 2. The Balaban J connectivity index is 0.000000806. The molecule has 2 aliphatic rings. The molecular formula is C23H28FN3O3. The minimum atomic E-state index is -0.250. The van der Waals surface area contributed by atoms with Crippen molar-refractivity contribution in [1.29, 1.82) is 0 Å². The quantitative estimate of drug-likeness (QED) is 0.781. The number of benzene rings is 2. The molecule has 7 heteroatoms. The van der Waals surface area contributed by atoms with E-state index in [1.165, 1.54) is 17.2 Å². The van der Waals surface area contributed by atoms with Crippen LogP contribution in [0.25, 0.3) is 0 Å². The molecule has 30 heavy (non-hydrogen) atoms. The van der Waals surface area contributed by atoms with E-state index in [0.29, 0.717) is 6.54 Å². The summed E-state index contributed by atoms with van der Waals surface area (Å²) in [6.45, 7) is 6.02. The molecule has 2 aliphatic heterocycles. The minimum absolute atomic E-state index is 0.189. The molecule has 6 nitrogen and oxygen atoms in total. The SMILES string of the molecule is O=C(CN1Cc2ccccc2C1)N1CCCN(Cc2cccc(F)c2)CC1.O=CO. The molecule has 1 saturated heterocycles. The van der Waals surface area contributed by atoms with Gasteiger partial charge < -0.3 is 10.0 Å². The van der Waals surface area contributed by atoms with Crippen LogP contribution in [0.1, 0.15) is 23.1 Å². The Morgan fingerprint density at radius 2 is 1.67 bits per heavy atom. The number of fused-ring (bicyclic) bond motifs is 1. The molecule has 4 rings (SSSR count). The molecular weight excluding hydrogens is 385 g/mol. The number of hydrogen-bond donors (Lipinski definition) is 1. The lowest BCUT2D eigenvalue weighted by atomic mass is 10.1. The molecule has 2 aromatic carbocycles. The van der Waals surface area contributed by atoms with Crippen LogP contribution in [0.5, 0.6) is 0 Å². The van der Waals surface area contributed by atoms with Gasteiger partial charge in [0.1, 0.15) is 5.82 Å². The minimum Gasteiger partial charge on any atom is -0.483 e. The highest BCUT2D eigenvalue weighted by molar-refractivity contribution is 5.78. The third-order valence-corrected chi connectivity index (χ3v) is 5.50. The van der Waals surface area contributed by atoms with Gasteiger partial charge in [0.2, 0.25) is 5.91 Å². The summed E-state index contributed by atoms with van der Waals surface area (Å²) in [6, 6.07) is 15.2. The molecule has 0 atom stereocenters. The predicted molar refractivity (Wildman–Crippen MR) is 112 cm³/mol. The summed E-state index contributed by atoms with van der Waals surface area (Å²) in [4.78, 5) is 27.7. The van der Waals surface area contributed by atoms with Crippen LogP contribution in [-0.4, -0.2) is 64.9 Å². The van der Waals surface area contributed by atoms with Gasteiger partial charge in [0.25, 0.3) is 6.47 Å². The Hall–Kier alpha value is -2.77. The van der Waals surface area contributed by atoms with Crippen molar-refractivity contribution >= 4 is 12.4 Å². The molecule has 0 aliphatic carbocycles. The zero-order valence-electron chi connectivity index (χ0n) is 17.0. The largest absolute Gasteiger partial charge is 0.483 e. The molecule has 0 radical (unpaired) electrons. The number of carbonyl (C=O) groups excluding carboxylic acids is 1. The highest BCUT2D eigenvalue weighted by atomic mass is 19.1. The lowest BCUT2D eigenvalue weighted by Crippen LogP contribution is -2.40. The molecule has 1 fully saturated rings. The molecule has 0 bridgehead atoms. The van der Waals surface area contributed by atoms with E-state index in [-0.39, 0.29) is 18.2 Å². The van der Waals surface area contributed by atoms with Crippen molar-refractivity contribution in [3.8, 4) is 0 Å². The maximum atomic E-state index is 13.4. The van der Waals surface area contributed by atoms with E-state index in [2.05, 4.69) is 34.1 Å². The average molecular weight is 413 g/mol. The first-order valence-electron chi connectivity index (χ1n) is 10.2. The highest BCUT2D eigenvalue weighted by Crippen LogP contribution is 2.22. The third kappa shape index (κ3) is 6.11. The van der Waals surface area contributed by atoms with Crippen molar-refractivity contribution in [2.24, 2.45) is 0 Å². The van der Waals surface area contributed by atoms with Crippen molar-refractivity contribution in [1.82, 2.24) is 14.7 Å². The molecule has 1 amide bonds. The maximum Gasteiger partial charge on any atom is 0.290 e. The van der Waals surface area contributed by atoms with Gasteiger partial charge in [-0.25, -0.2) is 4.39 Å². The van der Waals surface area contributed by atoms with Crippen LogP contribution in [0, 0.1) is 5.82 Å². The molecule has 0 spiro atoms. The molecule has 0 unspecified atom stereocenters. The predicted octanol–water partition coefficient (Wildman–Crippen LogP) is 2.58. The second kappa shape index (κ2) is 10.8. The zero-order chi connectivity index (χ0) is 21.3. The van der Waals surface area contributed by atoms with Gasteiger partial charge >= 0.3 is 0 Å². The number of rotatable bonds is 4. The number of amides is 1.